The zero-order valence-electron chi connectivity index (χ0n) is 14.1. The van der Waals surface area contributed by atoms with Gasteiger partial charge in [0, 0.05) is 0 Å². The number of amides is 1. The molecule has 1 aliphatic heterocycles. The molecule has 0 aromatic heterocycles. The third-order valence-corrected chi connectivity index (χ3v) is 5.28. The van der Waals surface area contributed by atoms with Crippen LogP contribution in [0.3, 0.4) is 0 Å². The molecule has 1 saturated heterocycles. The first kappa shape index (κ1) is 15.1. The molecule has 3 heteroatoms. The van der Waals surface area contributed by atoms with Gasteiger partial charge in [-0.3, -0.25) is 10.2 Å². The van der Waals surface area contributed by atoms with E-state index >= 15 is 0 Å². The molecule has 5 rings (SSSR count). The molecule has 0 unspecified atom stereocenters. The summed E-state index contributed by atoms with van der Waals surface area (Å²) in [6.45, 7) is 0. The number of carbonyl (C=O) groups excluding carboxylic acids is 1. The highest BCUT2D eigenvalue weighted by Gasteiger charge is 2.38. The van der Waals surface area contributed by atoms with Gasteiger partial charge < -0.3 is 0 Å². The predicted molar refractivity (Wildman–Crippen MR) is 105 cm³/mol. The van der Waals surface area contributed by atoms with Gasteiger partial charge in [0.2, 0.25) is 5.91 Å². The maximum atomic E-state index is 12.8. The van der Waals surface area contributed by atoms with E-state index in [0.717, 1.165) is 21.9 Å². The minimum atomic E-state index is -0.271. The Morgan fingerprint density at radius 1 is 0.615 bits per heavy atom. The largest absolute Gasteiger partial charge is 0.290 e. The second-order valence-corrected chi connectivity index (χ2v) is 6.73. The van der Waals surface area contributed by atoms with Crippen molar-refractivity contribution < 1.29 is 4.79 Å². The Bertz CT molecular complexity index is 1120. The summed E-state index contributed by atoms with van der Waals surface area (Å²) < 4.78 is 0. The molecule has 1 fully saturated rings. The summed E-state index contributed by atoms with van der Waals surface area (Å²) in [5.41, 5.74) is 8.28. The molecule has 0 saturated carbocycles. The Morgan fingerprint density at radius 3 is 1.85 bits per heavy atom. The zero-order chi connectivity index (χ0) is 17.5. The van der Waals surface area contributed by atoms with Gasteiger partial charge in [-0.25, -0.2) is 5.43 Å². The smallest absolute Gasteiger partial charge is 0.243 e. The van der Waals surface area contributed by atoms with E-state index in [9.17, 15) is 4.79 Å². The summed E-state index contributed by atoms with van der Waals surface area (Å²) in [4.78, 5) is 12.8. The minimum Gasteiger partial charge on any atom is -0.290 e. The summed E-state index contributed by atoms with van der Waals surface area (Å²) in [6.07, 6.45) is 0. The van der Waals surface area contributed by atoms with Gasteiger partial charge >= 0.3 is 0 Å². The highest BCUT2D eigenvalue weighted by Crippen LogP contribution is 2.39. The van der Waals surface area contributed by atoms with Crippen LogP contribution >= 0.6 is 0 Å². The van der Waals surface area contributed by atoms with Crippen LogP contribution in [0, 0.1) is 0 Å². The number of hydrogen-bond donors (Lipinski definition) is 2. The molecular weight excluding hydrogens is 320 g/mol. The van der Waals surface area contributed by atoms with Crippen molar-refractivity contribution in [3.05, 3.63) is 96.1 Å². The van der Waals surface area contributed by atoms with E-state index in [-0.39, 0.29) is 17.9 Å². The third kappa shape index (κ3) is 2.29. The lowest BCUT2D eigenvalue weighted by Gasteiger charge is -2.20. The number of benzene rings is 4. The van der Waals surface area contributed by atoms with Crippen LogP contribution in [-0.2, 0) is 4.79 Å². The fourth-order valence-corrected chi connectivity index (χ4v) is 4.08. The highest BCUT2D eigenvalue weighted by molar-refractivity contribution is 5.96. The Hall–Kier alpha value is -3.17. The lowest BCUT2D eigenvalue weighted by Crippen LogP contribution is -2.27. The molecule has 126 valence electrons. The van der Waals surface area contributed by atoms with Gasteiger partial charge in [-0.05, 0) is 32.7 Å². The molecule has 26 heavy (non-hydrogen) atoms. The number of nitrogens with one attached hydrogen (secondary N) is 2. The molecule has 0 spiro atoms. The number of fused-ring (bicyclic) bond motifs is 2. The van der Waals surface area contributed by atoms with E-state index in [1.54, 1.807) is 0 Å². The summed E-state index contributed by atoms with van der Waals surface area (Å²) in [6, 6.07) is 28.9. The van der Waals surface area contributed by atoms with E-state index in [4.69, 9.17) is 0 Å². The van der Waals surface area contributed by atoms with Crippen LogP contribution in [0.2, 0.25) is 0 Å². The second kappa shape index (κ2) is 5.97. The van der Waals surface area contributed by atoms with Crippen LogP contribution in [0.15, 0.2) is 84.9 Å². The standard InChI is InChI=1S/C23H18N2O/c26-23-21(19-13-5-9-15-7-1-3-11-17(15)19)22(24-25-23)20-14-6-10-16-8-2-4-12-18(16)20/h1-14,21-22,24H,(H,25,26)/t21-,22-/m0/s1. The Morgan fingerprint density at radius 2 is 1.15 bits per heavy atom. The van der Waals surface area contributed by atoms with E-state index in [0.29, 0.717) is 0 Å². The molecule has 2 atom stereocenters. The van der Waals surface area contributed by atoms with Crippen LogP contribution in [0.4, 0.5) is 0 Å². The number of carbonyl (C=O) groups is 1. The van der Waals surface area contributed by atoms with Crippen molar-refractivity contribution in [1.29, 1.82) is 0 Å². The molecule has 4 aromatic rings. The van der Waals surface area contributed by atoms with Gasteiger partial charge in [0.15, 0.2) is 0 Å². The highest BCUT2D eigenvalue weighted by atomic mass is 16.2. The molecule has 0 aliphatic carbocycles. The Kier molecular flexibility index (Phi) is 3.47. The van der Waals surface area contributed by atoms with Gasteiger partial charge in [-0.1, -0.05) is 84.9 Å². The molecule has 3 nitrogen and oxygen atoms in total. The topological polar surface area (TPSA) is 41.1 Å². The molecule has 0 bridgehead atoms. The summed E-state index contributed by atoms with van der Waals surface area (Å²) in [5, 5.41) is 4.64. The lowest BCUT2D eigenvalue weighted by molar-refractivity contribution is -0.120. The molecule has 2 N–H and O–H groups in total. The summed E-state index contributed by atoms with van der Waals surface area (Å²) in [5.74, 6) is -0.258. The predicted octanol–water partition coefficient (Wildman–Crippen LogP) is 4.45. The van der Waals surface area contributed by atoms with Crippen LogP contribution in [0.25, 0.3) is 21.5 Å². The molecule has 4 aromatic carbocycles. The SMILES string of the molecule is O=C1NN[C@@H](c2cccc3ccccc23)[C@@H]1c1cccc2ccccc12. The van der Waals surface area contributed by atoms with Crippen molar-refractivity contribution in [2.45, 2.75) is 12.0 Å². The quantitative estimate of drug-likeness (QED) is 0.567. The van der Waals surface area contributed by atoms with Gasteiger partial charge in [0.1, 0.15) is 0 Å². The van der Waals surface area contributed by atoms with E-state index < -0.39 is 0 Å². The van der Waals surface area contributed by atoms with Crippen LogP contribution < -0.4 is 10.9 Å². The summed E-state index contributed by atoms with van der Waals surface area (Å²) in [7, 11) is 0. The third-order valence-electron chi connectivity index (χ3n) is 5.28. The van der Waals surface area contributed by atoms with Crippen LogP contribution in [0.1, 0.15) is 23.1 Å². The van der Waals surface area contributed by atoms with Crippen LogP contribution in [-0.4, -0.2) is 5.91 Å². The van der Waals surface area contributed by atoms with Gasteiger partial charge in [0.25, 0.3) is 0 Å². The normalized spacial score (nSPS) is 19.8. The monoisotopic (exact) mass is 338 g/mol. The first-order valence-electron chi connectivity index (χ1n) is 8.83. The Balaban J connectivity index is 1.71. The lowest BCUT2D eigenvalue weighted by atomic mass is 9.84. The van der Waals surface area contributed by atoms with Crippen molar-refractivity contribution in [3.63, 3.8) is 0 Å². The zero-order valence-corrected chi connectivity index (χ0v) is 14.1. The average Bonchev–Trinajstić information content (AvgIpc) is 3.08. The molecule has 1 aliphatic rings. The first-order chi connectivity index (χ1) is 12.8. The first-order valence-corrected chi connectivity index (χ1v) is 8.83. The van der Waals surface area contributed by atoms with E-state index in [2.05, 4.69) is 65.4 Å². The minimum absolute atomic E-state index is 0.0132. The second-order valence-electron chi connectivity index (χ2n) is 6.73. The molecule has 0 radical (unpaired) electrons. The maximum absolute atomic E-state index is 12.8. The van der Waals surface area contributed by atoms with E-state index in [1.165, 1.54) is 10.8 Å². The Labute approximate surface area is 151 Å². The number of hydrazine groups is 1. The maximum Gasteiger partial charge on any atom is 0.243 e. The van der Waals surface area contributed by atoms with Gasteiger partial charge in [-0.2, -0.15) is 0 Å². The van der Waals surface area contributed by atoms with Crippen molar-refractivity contribution in [1.82, 2.24) is 10.9 Å². The van der Waals surface area contributed by atoms with Crippen molar-refractivity contribution >= 4 is 27.5 Å². The number of hydrogen-bond acceptors (Lipinski definition) is 2. The fourth-order valence-electron chi connectivity index (χ4n) is 4.08. The van der Waals surface area contributed by atoms with Gasteiger partial charge in [-0.15, -0.1) is 0 Å². The molecule has 1 amide bonds. The average molecular weight is 338 g/mol. The fraction of sp³-hybridized carbons (Fsp3) is 0.0870. The number of rotatable bonds is 2. The van der Waals surface area contributed by atoms with Crippen molar-refractivity contribution in [2.24, 2.45) is 0 Å². The van der Waals surface area contributed by atoms with Gasteiger partial charge in [0.05, 0.1) is 12.0 Å². The van der Waals surface area contributed by atoms with Crippen LogP contribution in [0.5, 0.6) is 0 Å². The summed E-state index contributed by atoms with van der Waals surface area (Å²) >= 11 is 0. The van der Waals surface area contributed by atoms with E-state index in [1.807, 2.05) is 30.3 Å². The molecular formula is C23H18N2O. The van der Waals surface area contributed by atoms with Crippen molar-refractivity contribution in [3.8, 4) is 0 Å². The molecule has 1 heterocycles. The van der Waals surface area contributed by atoms with Crippen molar-refractivity contribution in [2.75, 3.05) is 0 Å².